The van der Waals surface area contributed by atoms with Gasteiger partial charge in [-0.25, -0.2) is 0 Å². The smallest absolute Gasteiger partial charge is 0.141 e. The fraction of sp³-hybridized carbons (Fsp3) is 0.200. The van der Waals surface area contributed by atoms with Gasteiger partial charge in [-0.2, -0.15) is 0 Å². The number of hydrogen-bond acceptors (Lipinski definition) is 2. The molecule has 0 saturated carbocycles. The zero-order valence-electron chi connectivity index (χ0n) is 11.0. The average Bonchev–Trinajstić information content (AvgIpc) is 2.46. The predicted molar refractivity (Wildman–Crippen MR) is 97.2 cm³/mol. The number of rotatable bonds is 4. The highest BCUT2D eigenvalue weighted by molar-refractivity contribution is 14.1. The summed E-state index contributed by atoms with van der Waals surface area (Å²) in [6.07, 6.45) is 0. The first-order chi connectivity index (χ1) is 9.60. The van der Waals surface area contributed by atoms with E-state index in [0.717, 1.165) is 21.5 Å². The second-order valence-corrected chi connectivity index (χ2v) is 6.96. The zero-order chi connectivity index (χ0) is 14.7. The second kappa shape index (κ2) is 7.13. The molecule has 0 saturated heterocycles. The monoisotopic (exact) mass is 510 g/mol. The molecule has 0 aliphatic carbocycles. The lowest BCUT2D eigenvalue weighted by Crippen LogP contribution is -2.00. The summed E-state index contributed by atoms with van der Waals surface area (Å²) in [5, 5.41) is 0. The van der Waals surface area contributed by atoms with Crippen molar-refractivity contribution in [2.45, 2.75) is 4.83 Å². The molecule has 106 valence electrons. The molecular formula is C15H13Br2IO2. The number of methoxy groups -OCH3 is 2. The van der Waals surface area contributed by atoms with Gasteiger partial charge in [0.2, 0.25) is 0 Å². The van der Waals surface area contributed by atoms with Gasteiger partial charge in [-0.05, 0) is 56.2 Å². The van der Waals surface area contributed by atoms with E-state index >= 15 is 0 Å². The van der Waals surface area contributed by atoms with Crippen LogP contribution < -0.4 is 9.47 Å². The maximum Gasteiger partial charge on any atom is 0.141 e. The Morgan fingerprint density at radius 3 is 2.30 bits per heavy atom. The van der Waals surface area contributed by atoms with Crippen molar-refractivity contribution in [1.29, 1.82) is 0 Å². The van der Waals surface area contributed by atoms with Crippen LogP contribution in [0.4, 0.5) is 0 Å². The summed E-state index contributed by atoms with van der Waals surface area (Å²) in [6, 6.07) is 12.2. The van der Waals surface area contributed by atoms with Crippen LogP contribution in [-0.4, -0.2) is 14.2 Å². The Labute approximate surface area is 149 Å². The third-order valence-corrected chi connectivity index (χ3v) is 5.69. The van der Waals surface area contributed by atoms with Crippen molar-refractivity contribution in [2.24, 2.45) is 0 Å². The van der Waals surface area contributed by atoms with Gasteiger partial charge in [0, 0.05) is 9.13 Å². The average molecular weight is 512 g/mol. The fourth-order valence-corrected chi connectivity index (χ4v) is 4.54. The highest BCUT2D eigenvalue weighted by Crippen LogP contribution is 2.44. The van der Waals surface area contributed by atoms with Gasteiger partial charge >= 0.3 is 0 Å². The summed E-state index contributed by atoms with van der Waals surface area (Å²) in [5.41, 5.74) is 2.27. The van der Waals surface area contributed by atoms with Gasteiger partial charge in [-0.15, -0.1) is 0 Å². The molecule has 0 aliphatic rings. The minimum atomic E-state index is 0.0627. The summed E-state index contributed by atoms with van der Waals surface area (Å²) < 4.78 is 12.9. The standard InChI is InChI=1S/C15H13Br2IO2/c1-19-12-8-7-10(15(20-2)14(12)17)13(16)9-5-3-4-6-11(9)18/h3-8,13H,1-2H3. The molecule has 0 aromatic heterocycles. The van der Waals surface area contributed by atoms with Crippen molar-refractivity contribution >= 4 is 54.5 Å². The molecule has 2 aromatic carbocycles. The van der Waals surface area contributed by atoms with Gasteiger partial charge in [0.25, 0.3) is 0 Å². The molecule has 0 N–H and O–H groups in total. The number of benzene rings is 2. The maximum atomic E-state index is 5.54. The van der Waals surface area contributed by atoms with Gasteiger partial charge in [0.1, 0.15) is 16.0 Å². The molecule has 2 rings (SSSR count). The third kappa shape index (κ3) is 3.14. The number of ether oxygens (including phenoxy) is 2. The predicted octanol–water partition coefficient (Wildman–Crippen LogP) is 5.56. The molecule has 0 heterocycles. The molecule has 0 aliphatic heterocycles. The molecule has 2 aromatic rings. The van der Waals surface area contributed by atoms with Crippen molar-refractivity contribution in [1.82, 2.24) is 0 Å². The Morgan fingerprint density at radius 1 is 1.00 bits per heavy atom. The molecule has 0 spiro atoms. The fourth-order valence-electron chi connectivity index (χ4n) is 1.97. The molecule has 1 atom stereocenters. The van der Waals surface area contributed by atoms with E-state index in [1.54, 1.807) is 14.2 Å². The normalized spacial score (nSPS) is 12.1. The van der Waals surface area contributed by atoms with E-state index in [-0.39, 0.29) is 4.83 Å². The van der Waals surface area contributed by atoms with Crippen LogP contribution in [0, 0.1) is 3.57 Å². The third-order valence-electron chi connectivity index (χ3n) is 2.97. The molecule has 0 bridgehead atoms. The Bertz CT molecular complexity index is 617. The first-order valence-corrected chi connectivity index (χ1v) is 8.67. The SMILES string of the molecule is COc1ccc(C(Br)c2ccccc2I)c(OC)c1Br. The summed E-state index contributed by atoms with van der Waals surface area (Å²) in [5.74, 6) is 1.54. The van der Waals surface area contributed by atoms with Gasteiger partial charge in [-0.1, -0.05) is 40.2 Å². The van der Waals surface area contributed by atoms with E-state index in [2.05, 4.69) is 66.6 Å². The summed E-state index contributed by atoms with van der Waals surface area (Å²) in [4.78, 5) is 0.0627. The van der Waals surface area contributed by atoms with Crippen molar-refractivity contribution in [3.05, 3.63) is 55.6 Å². The lowest BCUT2D eigenvalue weighted by atomic mass is 10.0. The molecule has 0 amide bonds. The van der Waals surface area contributed by atoms with E-state index in [1.165, 1.54) is 9.13 Å². The van der Waals surface area contributed by atoms with Crippen LogP contribution in [-0.2, 0) is 0 Å². The van der Waals surface area contributed by atoms with Crippen LogP contribution in [0.2, 0.25) is 0 Å². The summed E-state index contributed by atoms with van der Waals surface area (Å²) in [6.45, 7) is 0. The van der Waals surface area contributed by atoms with E-state index < -0.39 is 0 Å². The van der Waals surface area contributed by atoms with Crippen LogP contribution in [0.5, 0.6) is 11.5 Å². The van der Waals surface area contributed by atoms with Crippen molar-refractivity contribution in [2.75, 3.05) is 14.2 Å². The van der Waals surface area contributed by atoms with Gasteiger partial charge in [0.05, 0.1) is 19.0 Å². The Balaban J connectivity index is 2.53. The quantitative estimate of drug-likeness (QED) is 0.395. The number of halogens is 3. The molecule has 2 nitrogen and oxygen atoms in total. The topological polar surface area (TPSA) is 18.5 Å². The lowest BCUT2D eigenvalue weighted by molar-refractivity contribution is 0.386. The van der Waals surface area contributed by atoms with E-state index in [0.29, 0.717) is 0 Å². The Morgan fingerprint density at radius 2 is 1.70 bits per heavy atom. The van der Waals surface area contributed by atoms with Crippen LogP contribution >= 0.6 is 54.5 Å². The first kappa shape index (κ1) is 16.1. The molecule has 5 heteroatoms. The number of hydrogen-bond donors (Lipinski definition) is 0. The maximum absolute atomic E-state index is 5.54. The van der Waals surface area contributed by atoms with E-state index in [9.17, 15) is 0 Å². The van der Waals surface area contributed by atoms with Crippen LogP contribution in [0.15, 0.2) is 40.9 Å². The minimum Gasteiger partial charge on any atom is -0.495 e. The van der Waals surface area contributed by atoms with Gasteiger partial charge in [0.15, 0.2) is 0 Å². The second-order valence-electron chi connectivity index (χ2n) is 4.09. The number of alkyl halides is 1. The zero-order valence-corrected chi connectivity index (χ0v) is 16.3. The minimum absolute atomic E-state index is 0.0627. The Kier molecular flexibility index (Phi) is 5.74. The lowest BCUT2D eigenvalue weighted by Gasteiger charge is -2.18. The van der Waals surface area contributed by atoms with Gasteiger partial charge < -0.3 is 9.47 Å². The van der Waals surface area contributed by atoms with E-state index in [1.807, 2.05) is 24.3 Å². The highest BCUT2D eigenvalue weighted by Gasteiger charge is 2.21. The van der Waals surface area contributed by atoms with E-state index in [4.69, 9.17) is 9.47 Å². The molecule has 0 fully saturated rings. The molecular weight excluding hydrogens is 499 g/mol. The highest BCUT2D eigenvalue weighted by atomic mass is 127. The molecule has 20 heavy (non-hydrogen) atoms. The van der Waals surface area contributed by atoms with Crippen LogP contribution in [0.3, 0.4) is 0 Å². The van der Waals surface area contributed by atoms with Gasteiger partial charge in [-0.3, -0.25) is 0 Å². The van der Waals surface area contributed by atoms with Crippen LogP contribution in [0.25, 0.3) is 0 Å². The van der Waals surface area contributed by atoms with Crippen LogP contribution in [0.1, 0.15) is 16.0 Å². The summed E-state index contributed by atoms with van der Waals surface area (Å²) in [7, 11) is 3.31. The first-order valence-electron chi connectivity index (χ1n) is 5.89. The van der Waals surface area contributed by atoms with Crippen molar-refractivity contribution < 1.29 is 9.47 Å². The Hall–Kier alpha value is -0.270. The molecule has 1 unspecified atom stereocenters. The molecule has 0 radical (unpaired) electrons. The van der Waals surface area contributed by atoms with Crippen molar-refractivity contribution in [3.8, 4) is 11.5 Å². The van der Waals surface area contributed by atoms with Crippen molar-refractivity contribution in [3.63, 3.8) is 0 Å². The summed E-state index contributed by atoms with van der Waals surface area (Å²) >= 11 is 9.65. The largest absolute Gasteiger partial charge is 0.495 e.